The number of aromatic nitrogens is 1. The summed E-state index contributed by atoms with van der Waals surface area (Å²) in [6, 6.07) is 5.59. The van der Waals surface area contributed by atoms with E-state index < -0.39 is 0 Å². The van der Waals surface area contributed by atoms with Gasteiger partial charge >= 0.3 is 0 Å². The van der Waals surface area contributed by atoms with Crippen LogP contribution in [-0.4, -0.2) is 38.5 Å². The molecule has 0 spiro atoms. The van der Waals surface area contributed by atoms with Crippen LogP contribution in [-0.2, 0) is 16.0 Å². The van der Waals surface area contributed by atoms with Crippen LogP contribution in [0.25, 0.3) is 0 Å². The maximum atomic E-state index is 5.49. The van der Waals surface area contributed by atoms with Crippen LogP contribution < -0.4 is 10.5 Å². The van der Waals surface area contributed by atoms with Gasteiger partial charge in [0.05, 0.1) is 25.5 Å². The van der Waals surface area contributed by atoms with Gasteiger partial charge in [0.25, 0.3) is 0 Å². The van der Waals surface area contributed by atoms with Crippen molar-refractivity contribution >= 4 is 0 Å². The first kappa shape index (κ1) is 13.9. The van der Waals surface area contributed by atoms with Gasteiger partial charge in [-0.3, -0.25) is 0 Å². The van der Waals surface area contributed by atoms with Gasteiger partial charge in [0.2, 0.25) is 5.88 Å². The molecule has 0 saturated carbocycles. The number of hydrogen-bond acceptors (Lipinski definition) is 5. The predicted molar refractivity (Wildman–Crippen MR) is 64.9 cm³/mol. The van der Waals surface area contributed by atoms with E-state index in [1.165, 1.54) is 0 Å². The molecule has 0 aliphatic heterocycles. The molecule has 0 unspecified atom stereocenters. The van der Waals surface area contributed by atoms with Gasteiger partial charge < -0.3 is 19.9 Å². The lowest BCUT2D eigenvalue weighted by Crippen LogP contribution is -2.08. The second-order valence-electron chi connectivity index (χ2n) is 3.48. The molecule has 1 aromatic rings. The van der Waals surface area contributed by atoms with Crippen LogP contribution in [0.3, 0.4) is 0 Å². The number of pyridine rings is 1. The second kappa shape index (κ2) is 8.92. The molecule has 0 saturated heterocycles. The summed E-state index contributed by atoms with van der Waals surface area (Å²) in [6.45, 7) is 2.93. The molecule has 1 rings (SSSR count). The summed E-state index contributed by atoms with van der Waals surface area (Å²) in [5.74, 6) is 0.616. The fourth-order valence-electron chi connectivity index (χ4n) is 1.23. The van der Waals surface area contributed by atoms with E-state index in [1.807, 2.05) is 18.2 Å². The van der Waals surface area contributed by atoms with Crippen LogP contribution in [0.5, 0.6) is 5.88 Å². The SMILES string of the molecule is COCCOCCCOc1cccc(CN)n1. The summed E-state index contributed by atoms with van der Waals surface area (Å²) in [5, 5.41) is 0. The van der Waals surface area contributed by atoms with Crippen molar-refractivity contribution in [1.29, 1.82) is 0 Å². The van der Waals surface area contributed by atoms with Crippen LogP contribution in [0.15, 0.2) is 18.2 Å². The first-order valence-corrected chi connectivity index (χ1v) is 5.72. The number of hydrogen-bond donors (Lipinski definition) is 1. The molecule has 0 atom stereocenters. The van der Waals surface area contributed by atoms with Crippen LogP contribution in [0.1, 0.15) is 12.1 Å². The summed E-state index contributed by atoms with van der Waals surface area (Å²) >= 11 is 0. The van der Waals surface area contributed by atoms with E-state index in [2.05, 4.69) is 4.98 Å². The standard InChI is InChI=1S/C12H20N2O3/c1-15-8-9-16-6-3-7-17-12-5-2-4-11(10-13)14-12/h2,4-5H,3,6-10,13H2,1H3. The Morgan fingerprint density at radius 2 is 2.06 bits per heavy atom. The summed E-state index contributed by atoms with van der Waals surface area (Å²) in [7, 11) is 1.66. The fraction of sp³-hybridized carbons (Fsp3) is 0.583. The van der Waals surface area contributed by atoms with Gasteiger partial charge in [-0.15, -0.1) is 0 Å². The molecule has 0 aliphatic carbocycles. The molecule has 0 aromatic carbocycles. The van der Waals surface area contributed by atoms with Crippen molar-refractivity contribution in [3.05, 3.63) is 23.9 Å². The van der Waals surface area contributed by atoms with Gasteiger partial charge in [0.1, 0.15) is 0 Å². The Hall–Kier alpha value is -1.17. The minimum Gasteiger partial charge on any atom is -0.478 e. The Balaban J connectivity index is 2.09. The Morgan fingerprint density at radius 1 is 1.18 bits per heavy atom. The zero-order valence-corrected chi connectivity index (χ0v) is 10.2. The molecule has 2 N–H and O–H groups in total. The summed E-state index contributed by atoms with van der Waals surface area (Å²) < 4.78 is 15.7. The molecular weight excluding hydrogens is 220 g/mol. The van der Waals surface area contributed by atoms with Crippen molar-refractivity contribution in [2.45, 2.75) is 13.0 Å². The molecule has 17 heavy (non-hydrogen) atoms. The van der Waals surface area contributed by atoms with Crippen molar-refractivity contribution in [3.8, 4) is 5.88 Å². The highest BCUT2D eigenvalue weighted by atomic mass is 16.5. The third-order valence-electron chi connectivity index (χ3n) is 2.11. The van der Waals surface area contributed by atoms with Crippen molar-refractivity contribution in [1.82, 2.24) is 4.98 Å². The summed E-state index contributed by atoms with van der Waals surface area (Å²) in [5.41, 5.74) is 6.32. The molecule has 96 valence electrons. The molecule has 0 bridgehead atoms. The molecule has 0 amide bonds. The Morgan fingerprint density at radius 3 is 2.82 bits per heavy atom. The van der Waals surface area contributed by atoms with Gasteiger partial charge in [0.15, 0.2) is 0 Å². The highest BCUT2D eigenvalue weighted by Crippen LogP contribution is 2.07. The highest BCUT2D eigenvalue weighted by Gasteiger charge is 1.97. The number of nitrogens with zero attached hydrogens (tertiary/aromatic N) is 1. The van der Waals surface area contributed by atoms with E-state index in [0.29, 0.717) is 38.9 Å². The molecule has 0 fully saturated rings. The van der Waals surface area contributed by atoms with E-state index in [1.54, 1.807) is 7.11 Å². The number of nitrogens with two attached hydrogens (primary N) is 1. The molecule has 1 heterocycles. The third kappa shape index (κ3) is 6.21. The highest BCUT2D eigenvalue weighted by molar-refractivity contribution is 5.15. The molecule has 0 aliphatic rings. The molecule has 5 heteroatoms. The molecule has 0 radical (unpaired) electrons. The van der Waals surface area contributed by atoms with Gasteiger partial charge in [-0.1, -0.05) is 6.07 Å². The Kier molecular flexibility index (Phi) is 7.29. The second-order valence-corrected chi connectivity index (χ2v) is 3.48. The lowest BCUT2D eigenvalue weighted by molar-refractivity contribution is 0.0642. The smallest absolute Gasteiger partial charge is 0.213 e. The van der Waals surface area contributed by atoms with Crippen molar-refractivity contribution in [3.63, 3.8) is 0 Å². The van der Waals surface area contributed by atoms with Gasteiger partial charge in [-0.25, -0.2) is 4.98 Å². The van der Waals surface area contributed by atoms with Gasteiger partial charge in [-0.2, -0.15) is 0 Å². The average molecular weight is 240 g/mol. The van der Waals surface area contributed by atoms with E-state index in [9.17, 15) is 0 Å². The topological polar surface area (TPSA) is 66.6 Å². The van der Waals surface area contributed by atoms with Gasteiger partial charge in [0, 0.05) is 32.7 Å². The third-order valence-corrected chi connectivity index (χ3v) is 2.11. The zero-order valence-electron chi connectivity index (χ0n) is 10.2. The lowest BCUT2D eigenvalue weighted by Gasteiger charge is -2.06. The maximum Gasteiger partial charge on any atom is 0.213 e. The van der Waals surface area contributed by atoms with Crippen LogP contribution in [0.2, 0.25) is 0 Å². The van der Waals surface area contributed by atoms with E-state index >= 15 is 0 Å². The fourth-order valence-corrected chi connectivity index (χ4v) is 1.23. The first-order chi connectivity index (χ1) is 8.36. The average Bonchev–Trinajstić information content (AvgIpc) is 2.38. The van der Waals surface area contributed by atoms with Crippen molar-refractivity contribution in [2.75, 3.05) is 33.5 Å². The molecule has 1 aromatic heterocycles. The van der Waals surface area contributed by atoms with E-state index in [0.717, 1.165) is 12.1 Å². The largest absolute Gasteiger partial charge is 0.478 e. The quantitative estimate of drug-likeness (QED) is 0.651. The number of ether oxygens (including phenoxy) is 3. The lowest BCUT2D eigenvalue weighted by atomic mass is 10.3. The van der Waals surface area contributed by atoms with E-state index in [-0.39, 0.29) is 0 Å². The number of methoxy groups -OCH3 is 1. The van der Waals surface area contributed by atoms with Crippen molar-refractivity contribution in [2.24, 2.45) is 5.73 Å². The summed E-state index contributed by atoms with van der Waals surface area (Å²) in [4.78, 5) is 4.23. The summed E-state index contributed by atoms with van der Waals surface area (Å²) in [6.07, 6.45) is 0.832. The first-order valence-electron chi connectivity index (χ1n) is 5.72. The Labute approximate surface area is 102 Å². The van der Waals surface area contributed by atoms with Crippen LogP contribution >= 0.6 is 0 Å². The normalized spacial score (nSPS) is 10.5. The predicted octanol–water partition coefficient (Wildman–Crippen LogP) is 0.972. The molecule has 5 nitrogen and oxygen atoms in total. The minimum atomic E-state index is 0.428. The van der Waals surface area contributed by atoms with Crippen molar-refractivity contribution < 1.29 is 14.2 Å². The maximum absolute atomic E-state index is 5.49. The molecular formula is C12H20N2O3. The minimum absolute atomic E-state index is 0.428. The van der Waals surface area contributed by atoms with Crippen LogP contribution in [0.4, 0.5) is 0 Å². The number of rotatable bonds is 9. The van der Waals surface area contributed by atoms with E-state index in [4.69, 9.17) is 19.9 Å². The zero-order chi connectivity index (χ0) is 12.3. The monoisotopic (exact) mass is 240 g/mol. The Bertz CT molecular complexity index is 308. The van der Waals surface area contributed by atoms with Gasteiger partial charge in [-0.05, 0) is 6.07 Å². The van der Waals surface area contributed by atoms with Crippen LogP contribution in [0, 0.1) is 0 Å².